The van der Waals surface area contributed by atoms with Gasteiger partial charge in [-0.15, -0.1) is 0 Å². The lowest BCUT2D eigenvalue weighted by Crippen LogP contribution is -2.42. The number of hydrogen-bond donors (Lipinski definition) is 1. The van der Waals surface area contributed by atoms with E-state index >= 15 is 0 Å². The Kier molecular flexibility index (Phi) is 7.02. The Morgan fingerprint density at radius 1 is 1.02 bits per heavy atom. The minimum atomic E-state index is -4.47. The van der Waals surface area contributed by atoms with Crippen molar-refractivity contribution in [1.29, 1.82) is 0 Å². The summed E-state index contributed by atoms with van der Waals surface area (Å²) in [5.41, 5.74) is 2.72. The van der Waals surface area contributed by atoms with Crippen molar-refractivity contribution in [1.82, 2.24) is 15.1 Å². The number of aromatic amines is 1. The summed E-state index contributed by atoms with van der Waals surface area (Å²) in [6.45, 7) is 1.30. The van der Waals surface area contributed by atoms with Crippen LogP contribution in [0.2, 0.25) is 5.02 Å². The lowest BCUT2D eigenvalue weighted by atomic mass is 9.93. The SMILES string of the molecule is O=C1c2[nH]nc(-c3cc(Cl)ccc3OCc3ccccc3)c2C(c2ccc(C(F)(F)F)cc2)N1C1CCOCC1. The summed E-state index contributed by atoms with van der Waals surface area (Å²) >= 11 is 6.40. The summed E-state index contributed by atoms with van der Waals surface area (Å²) < 4.78 is 51.8. The number of benzene rings is 3. The number of fused-ring (bicyclic) bond motifs is 1. The van der Waals surface area contributed by atoms with E-state index < -0.39 is 17.8 Å². The van der Waals surface area contributed by atoms with Gasteiger partial charge in [0.15, 0.2) is 0 Å². The molecule has 0 radical (unpaired) electrons. The number of rotatable bonds is 6. The van der Waals surface area contributed by atoms with Gasteiger partial charge in [-0.05, 0) is 54.3 Å². The second kappa shape index (κ2) is 10.6. The first-order valence-electron chi connectivity index (χ1n) is 12.9. The van der Waals surface area contributed by atoms with E-state index in [9.17, 15) is 18.0 Å². The van der Waals surface area contributed by atoms with Crippen molar-refractivity contribution >= 4 is 17.5 Å². The van der Waals surface area contributed by atoms with Crippen molar-refractivity contribution in [3.05, 3.63) is 106 Å². The number of ether oxygens (including phenoxy) is 2. The van der Waals surface area contributed by atoms with Crippen LogP contribution in [-0.2, 0) is 17.5 Å². The number of halogens is 4. The summed E-state index contributed by atoms with van der Waals surface area (Å²) in [6.07, 6.45) is -3.22. The number of aromatic nitrogens is 2. The van der Waals surface area contributed by atoms with Crippen molar-refractivity contribution in [3.63, 3.8) is 0 Å². The fourth-order valence-electron chi connectivity index (χ4n) is 5.44. The van der Waals surface area contributed by atoms with Crippen molar-refractivity contribution in [3.8, 4) is 17.0 Å². The lowest BCUT2D eigenvalue weighted by Gasteiger charge is -2.36. The van der Waals surface area contributed by atoms with Crippen LogP contribution in [0.15, 0.2) is 72.8 Å². The number of nitrogens with zero attached hydrogens (tertiary/aromatic N) is 2. The van der Waals surface area contributed by atoms with Gasteiger partial charge in [0.05, 0.1) is 11.6 Å². The summed E-state index contributed by atoms with van der Waals surface area (Å²) in [7, 11) is 0. The van der Waals surface area contributed by atoms with Crippen molar-refractivity contribution in [2.45, 2.75) is 37.7 Å². The van der Waals surface area contributed by atoms with Crippen LogP contribution < -0.4 is 4.74 Å². The molecule has 3 heterocycles. The molecule has 0 aliphatic carbocycles. The Labute approximate surface area is 233 Å². The number of amides is 1. The zero-order valence-electron chi connectivity index (χ0n) is 21.2. The van der Waals surface area contributed by atoms with E-state index in [0.29, 0.717) is 71.5 Å². The Morgan fingerprint density at radius 3 is 2.45 bits per heavy atom. The maximum absolute atomic E-state index is 13.8. The molecular formula is C30H25ClF3N3O3. The topological polar surface area (TPSA) is 67.5 Å². The zero-order valence-corrected chi connectivity index (χ0v) is 22.0. The maximum Gasteiger partial charge on any atom is 0.416 e. The zero-order chi connectivity index (χ0) is 27.9. The largest absolute Gasteiger partial charge is 0.488 e. The molecule has 206 valence electrons. The molecule has 1 atom stereocenters. The van der Waals surface area contributed by atoms with E-state index in [-0.39, 0.29) is 11.9 Å². The Morgan fingerprint density at radius 2 is 1.75 bits per heavy atom. The van der Waals surface area contributed by atoms with E-state index in [0.717, 1.165) is 17.7 Å². The highest BCUT2D eigenvalue weighted by Crippen LogP contribution is 2.47. The van der Waals surface area contributed by atoms with Crippen LogP contribution in [0.25, 0.3) is 11.3 Å². The predicted octanol–water partition coefficient (Wildman–Crippen LogP) is 7.05. The monoisotopic (exact) mass is 567 g/mol. The first kappa shape index (κ1) is 26.4. The normalized spacial score (nSPS) is 17.8. The third-order valence-corrected chi connectivity index (χ3v) is 7.61. The molecule has 1 N–H and O–H groups in total. The van der Waals surface area contributed by atoms with Crippen LogP contribution in [0.5, 0.6) is 5.75 Å². The molecule has 3 aromatic carbocycles. The molecule has 40 heavy (non-hydrogen) atoms. The maximum atomic E-state index is 13.8. The van der Waals surface area contributed by atoms with Gasteiger partial charge in [0.2, 0.25) is 0 Å². The highest BCUT2D eigenvalue weighted by atomic mass is 35.5. The standard InChI is InChI=1S/C30H25ClF3N3O3/c31-21-10-11-24(40-17-18-4-2-1-3-5-18)23(16-21)26-25-27(36-35-26)29(38)37(22-12-14-39-15-13-22)28(25)19-6-8-20(9-7-19)30(32,33)34/h1-11,16,22,28H,12-15,17H2,(H,35,36). The summed E-state index contributed by atoms with van der Waals surface area (Å²) in [5.74, 6) is 0.269. The van der Waals surface area contributed by atoms with Crippen LogP contribution in [0.4, 0.5) is 13.2 Å². The van der Waals surface area contributed by atoms with Gasteiger partial charge in [-0.1, -0.05) is 54.1 Å². The molecule has 2 aliphatic heterocycles. The number of H-pyrrole nitrogens is 1. The van der Waals surface area contributed by atoms with E-state index in [4.69, 9.17) is 21.1 Å². The van der Waals surface area contributed by atoms with Crippen molar-refractivity contribution in [2.75, 3.05) is 13.2 Å². The van der Waals surface area contributed by atoms with Crippen LogP contribution in [0.3, 0.4) is 0 Å². The molecule has 6 nitrogen and oxygen atoms in total. The third-order valence-electron chi connectivity index (χ3n) is 7.38. The molecular weight excluding hydrogens is 543 g/mol. The molecule has 1 saturated heterocycles. The van der Waals surface area contributed by atoms with Crippen LogP contribution in [0.1, 0.15) is 51.6 Å². The molecule has 1 amide bonds. The minimum Gasteiger partial charge on any atom is -0.488 e. The summed E-state index contributed by atoms with van der Waals surface area (Å²) in [6, 6.07) is 19.0. The van der Waals surface area contributed by atoms with Crippen LogP contribution >= 0.6 is 11.6 Å². The van der Waals surface area contributed by atoms with Gasteiger partial charge in [-0.2, -0.15) is 18.3 Å². The lowest BCUT2D eigenvalue weighted by molar-refractivity contribution is -0.137. The molecule has 1 unspecified atom stereocenters. The van der Waals surface area contributed by atoms with Gasteiger partial charge in [0.1, 0.15) is 23.7 Å². The number of carbonyl (C=O) groups is 1. The molecule has 10 heteroatoms. The highest BCUT2D eigenvalue weighted by Gasteiger charge is 2.46. The second-order valence-electron chi connectivity index (χ2n) is 9.85. The van der Waals surface area contributed by atoms with Crippen LogP contribution in [0, 0.1) is 0 Å². The number of alkyl halides is 3. The average Bonchev–Trinajstić information content (AvgIpc) is 3.51. The van der Waals surface area contributed by atoms with Gasteiger partial charge in [0, 0.05) is 35.4 Å². The van der Waals surface area contributed by atoms with Crippen molar-refractivity contribution < 1.29 is 27.4 Å². The van der Waals surface area contributed by atoms with Gasteiger partial charge >= 0.3 is 6.18 Å². The molecule has 1 aromatic heterocycles. The van der Waals surface area contributed by atoms with Gasteiger partial charge < -0.3 is 14.4 Å². The smallest absolute Gasteiger partial charge is 0.416 e. The van der Waals surface area contributed by atoms with Crippen LogP contribution in [-0.4, -0.2) is 40.3 Å². The predicted molar refractivity (Wildman–Crippen MR) is 143 cm³/mol. The first-order chi connectivity index (χ1) is 19.3. The second-order valence-corrected chi connectivity index (χ2v) is 10.3. The fraction of sp³-hybridized carbons (Fsp3) is 0.267. The molecule has 1 fully saturated rings. The summed E-state index contributed by atoms with van der Waals surface area (Å²) in [4.78, 5) is 15.5. The van der Waals surface area contributed by atoms with E-state index in [1.54, 1.807) is 23.1 Å². The van der Waals surface area contributed by atoms with E-state index in [1.807, 2.05) is 30.3 Å². The van der Waals surface area contributed by atoms with Gasteiger partial charge in [-0.3, -0.25) is 9.89 Å². The minimum absolute atomic E-state index is 0.143. The Hall–Kier alpha value is -3.82. The Bertz CT molecular complexity index is 1520. The number of carbonyl (C=O) groups excluding carboxylic acids is 1. The molecule has 0 spiro atoms. The first-order valence-corrected chi connectivity index (χ1v) is 13.3. The molecule has 6 rings (SSSR count). The number of nitrogens with one attached hydrogen (secondary N) is 1. The van der Waals surface area contributed by atoms with Gasteiger partial charge in [-0.25, -0.2) is 0 Å². The quantitative estimate of drug-likeness (QED) is 0.271. The van der Waals surface area contributed by atoms with E-state index in [2.05, 4.69) is 10.2 Å². The molecule has 0 bridgehead atoms. The van der Waals surface area contributed by atoms with Gasteiger partial charge in [0.25, 0.3) is 5.91 Å². The highest BCUT2D eigenvalue weighted by molar-refractivity contribution is 6.31. The number of hydrogen-bond acceptors (Lipinski definition) is 4. The Balaban J connectivity index is 1.45. The average molecular weight is 568 g/mol. The van der Waals surface area contributed by atoms with Crippen molar-refractivity contribution in [2.24, 2.45) is 0 Å². The molecule has 0 saturated carbocycles. The summed E-state index contributed by atoms with van der Waals surface area (Å²) in [5, 5.41) is 7.87. The molecule has 4 aromatic rings. The third kappa shape index (κ3) is 4.95. The molecule has 2 aliphatic rings. The fourth-order valence-corrected chi connectivity index (χ4v) is 5.61. The van der Waals surface area contributed by atoms with E-state index in [1.165, 1.54) is 12.1 Å².